The lowest BCUT2D eigenvalue weighted by molar-refractivity contribution is 0.364. The van der Waals surface area contributed by atoms with Gasteiger partial charge in [0.05, 0.1) is 16.9 Å². The summed E-state index contributed by atoms with van der Waals surface area (Å²) in [5, 5.41) is 0. The molecular formula is C14H19N3O2. The van der Waals surface area contributed by atoms with Crippen LogP contribution in [0.4, 0.5) is 11.4 Å². The molecule has 1 fully saturated rings. The van der Waals surface area contributed by atoms with Gasteiger partial charge in [-0.05, 0) is 31.7 Å². The lowest BCUT2D eigenvalue weighted by Crippen LogP contribution is -2.42. The number of aromatic nitrogens is 1. The fraction of sp³-hybridized carbons (Fsp3) is 0.500. The van der Waals surface area contributed by atoms with Crippen molar-refractivity contribution in [2.45, 2.75) is 32.7 Å². The van der Waals surface area contributed by atoms with Gasteiger partial charge in [0.15, 0.2) is 5.58 Å². The molecule has 5 nitrogen and oxygen atoms in total. The highest BCUT2D eigenvalue weighted by molar-refractivity contribution is 5.85. The number of oxazole rings is 1. The van der Waals surface area contributed by atoms with Crippen LogP contribution in [-0.4, -0.2) is 17.6 Å². The summed E-state index contributed by atoms with van der Waals surface area (Å²) in [5.74, 6) is 0.207. The lowest BCUT2D eigenvalue weighted by atomic mass is 9.91. The number of rotatable bonds is 1. The molecule has 2 aromatic rings. The SMILES string of the molecule is CC1CCCN(c2cc3[nH]c(=O)oc3cc2N)C1C. The number of H-pyrrole nitrogens is 1. The molecule has 5 heteroatoms. The molecule has 1 aromatic carbocycles. The van der Waals surface area contributed by atoms with Gasteiger partial charge in [0, 0.05) is 18.7 Å². The fourth-order valence-electron chi connectivity index (χ4n) is 2.93. The van der Waals surface area contributed by atoms with Crippen molar-refractivity contribution in [3.05, 3.63) is 22.7 Å². The summed E-state index contributed by atoms with van der Waals surface area (Å²) < 4.78 is 5.03. The Balaban J connectivity index is 2.08. The zero-order valence-electron chi connectivity index (χ0n) is 11.3. The molecule has 1 saturated heterocycles. The first kappa shape index (κ1) is 12.1. The van der Waals surface area contributed by atoms with E-state index in [9.17, 15) is 4.79 Å². The highest BCUT2D eigenvalue weighted by Crippen LogP contribution is 2.34. The van der Waals surface area contributed by atoms with E-state index >= 15 is 0 Å². The van der Waals surface area contributed by atoms with Crippen molar-refractivity contribution in [2.24, 2.45) is 5.92 Å². The van der Waals surface area contributed by atoms with Crippen LogP contribution in [0.1, 0.15) is 26.7 Å². The third-order valence-electron chi connectivity index (χ3n) is 4.25. The number of nitrogens with zero attached hydrogens (tertiary/aromatic N) is 1. The number of anilines is 2. The Morgan fingerprint density at radius 1 is 1.42 bits per heavy atom. The van der Waals surface area contributed by atoms with E-state index in [0.29, 0.717) is 28.7 Å². The predicted molar refractivity (Wildman–Crippen MR) is 76.5 cm³/mol. The maximum atomic E-state index is 11.2. The summed E-state index contributed by atoms with van der Waals surface area (Å²) in [5.41, 5.74) is 8.99. The number of nitrogens with two attached hydrogens (primary N) is 1. The molecule has 2 atom stereocenters. The summed E-state index contributed by atoms with van der Waals surface area (Å²) in [7, 11) is 0. The number of nitrogen functional groups attached to an aromatic ring is 1. The van der Waals surface area contributed by atoms with Gasteiger partial charge in [0.1, 0.15) is 0 Å². The Kier molecular flexibility index (Phi) is 2.77. The average Bonchev–Trinajstić information content (AvgIpc) is 2.71. The quantitative estimate of drug-likeness (QED) is 0.772. The van der Waals surface area contributed by atoms with E-state index in [4.69, 9.17) is 10.2 Å². The Hall–Kier alpha value is -1.91. The van der Waals surface area contributed by atoms with Crippen molar-refractivity contribution >= 4 is 22.5 Å². The molecule has 1 aliphatic rings. The minimum absolute atomic E-state index is 0.438. The van der Waals surface area contributed by atoms with E-state index in [1.54, 1.807) is 6.07 Å². The lowest BCUT2D eigenvalue weighted by Gasteiger charge is -2.40. The number of hydrogen-bond donors (Lipinski definition) is 2. The van der Waals surface area contributed by atoms with Crippen LogP contribution < -0.4 is 16.4 Å². The van der Waals surface area contributed by atoms with Crippen LogP contribution in [-0.2, 0) is 0 Å². The Morgan fingerprint density at radius 3 is 3.00 bits per heavy atom. The molecule has 0 saturated carbocycles. The summed E-state index contributed by atoms with van der Waals surface area (Å²) in [6.45, 7) is 5.50. The van der Waals surface area contributed by atoms with E-state index in [-0.39, 0.29) is 0 Å². The Bertz CT molecular complexity index is 658. The normalized spacial score (nSPS) is 24.0. The molecule has 3 rings (SSSR count). The molecule has 1 aliphatic heterocycles. The van der Waals surface area contributed by atoms with Crippen LogP contribution in [0.15, 0.2) is 21.3 Å². The van der Waals surface area contributed by atoms with Gasteiger partial charge in [-0.2, -0.15) is 0 Å². The van der Waals surface area contributed by atoms with E-state index < -0.39 is 5.76 Å². The highest BCUT2D eigenvalue weighted by atomic mass is 16.4. The number of benzene rings is 1. The van der Waals surface area contributed by atoms with Gasteiger partial charge in [-0.1, -0.05) is 6.92 Å². The molecular weight excluding hydrogens is 242 g/mol. The maximum Gasteiger partial charge on any atom is 0.417 e. The number of hydrogen-bond acceptors (Lipinski definition) is 4. The summed E-state index contributed by atoms with van der Waals surface area (Å²) in [6, 6.07) is 4.10. The number of nitrogens with one attached hydrogen (secondary N) is 1. The predicted octanol–water partition coefficient (Wildman–Crippen LogP) is 2.33. The molecule has 0 amide bonds. The maximum absolute atomic E-state index is 11.2. The van der Waals surface area contributed by atoms with Gasteiger partial charge in [0.2, 0.25) is 0 Å². The monoisotopic (exact) mass is 261 g/mol. The minimum atomic E-state index is -0.438. The molecule has 2 heterocycles. The summed E-state index contributed by atoms with van der Waals surface area (Å²) in [4.78, 5) is 16.2. The molecule has 0 radical (unpaired) electrons. The first-order chi connectivity index (χ1) is 9.06. The smallest absolute Gasteiger partial charge is 0.408 e. The van der Waals surface area contributed by atoms with Gasteiger partial charge in [-0.3, -0.25) is 4.98 Å². The van der Waals surface area contributed by atoms with Crippen LogP contribution in [0.25, 0.3) is 11.1 Å². The molecule has 2 unspecified atom stereocenters. The van der Waals surface area contributed by atoms with Gasteiger partial charge in [0.25, 0.3) is 0 Å². The number of piperidine rings is 1. The minimum Gasteiger partial charge on any atom is -0.408 e. The van der Waals surface area contributed by atoms with Gasteiger partial charge < -0.3 is 15.1 Å². The van der Waals surface area contributed by atoms with Gasteiger partial charge in [-0.25, -0.2) is 4.79 Å². The van der Waals surface area contributed by atoms with Gasteiger partial charge >= 0.3 is 5.76 Å². The standard InChI is InChI=1S/C14H19N3O2/c1-8-4-3-5-17(9(8)2)12-7-11-13(6-10(12)15)19-14(18)16-11/h6-9H,3-5,15H2,1-2H3,(H,16,18). The zero-order chi connectivity index (χ0) is 13.6. The molecule has 102 valence electrons. The highest BCUT2D eigenvalue weighted by Gasteiger charge is 2.26. The van der Waals surface area contributed by atoms with Crippen LogP contribution >= 0.6 is 0 Å². The fourth-order valence-corrected chi connectivity index (χ4v) is 2.93. The van der Waals surface area contributed by atoms with Crippen LogP contribution in [0.3, 0.4) is 0 Å². The van der Waals surface area contributed by atoms with E-state index in [1.807, 2.05) is 6.07 Å². The molecule has 0 aliphatic carbocycles. The van der Waals surface area contributed by atoms with Crippen molar-refractivity contribution in [2.75, 3.05) is 17.2 Å². The molecule has 0 bridgehead atoms. The molecule has 1 aromatic heterocycles. The van der Waals surface area contributed by atoms with Crippen LogP contribution in [0.5, 0.6) is 0 Å². The zero-order valence-corrected chi connectivity index (χ0v) is 11.3. The topological polar surface area (TPSA) is 75.3 Å². The van der Waals surface area contributed by atoms with Crippen molar-refractivity contribution < 1.29 is 4.42 Å². The molecule has 3 N–H and O–H groups in total. The van der Waals surface area contributed by atoms with Crippen molar-refractivity contribution in [1.29, 1.82) is 0 Å². The summed E-state index contributed by atoms with van der Waals surface area (Å²) in [6.07, 6.45) is 2.42. The van der Waals surface area contributed by atoms with Gasteiger partial charge in [-0.15, -0.1) is 0 Å². The average molecular weight is 261 g/mol. The summed E-state index contributed by atoms with van der Waals surface area (Å²) >= 11 is 0. The Labute approximate surface area is 111 Å². The third-order valence-corrected chi connectivity index (χ3v) is 4.25. The van der Waals surface area contributed by atoms with Crippen molar-refractivity contribution in [3.8, 4) is 0 Å². The second kappa shape index (κ2) is 4.33. The number of aromatic amines is 1. The van der Waals surface area contributed by atoms with E-state index in [2.05, 4.69) is 23.7 Å². The second-order valence-corrected chi connectivity index (χ2v) is 5.48. The largest absolute Gasteiger partial charge is 0.417 e. The second-order valence-electron chi connectivity index (χ2n) is 5.48. The van der Waals surface area contributed by atoms with Crippen molar-refractivity contribution in [3.63, 3.8) is 0 Å². The van der Waals surface area contributed by atoms with Crippen LogP contribution in [0, 0.1) is 5.92 Å². The van der Waals surface area contributed by atoms with Crippen LogP contribution in [0.2, 0.25) is 0 Å². The molecule has 0 spiro atoms. The number of fused-ring (bicyclic) bond motifs is 1. The Morgan fingerprint density at radius 2 is 2.21 bits per heavy atom. The first-order valence-corrected chi connectivity index (χ1v) is 6.75. The third kappa shape index (κ3) is 1.99. The first-order valence-electron chi connectivity index (χ1n) is 6.75. The van der Waals surface area contributed by atoms with E-state index in [0.717, 1.165) is 12.2 Å². The van der Waals surface area contributed by atoms with Crippen molar-refractivity contribution in [1.82, 2.24) is 4.98 Å². The van der Waals surface area contributed by atoms with E-state index in [1.165, 1.54) is 12.8 Å². The molecule has 19 heavy (non-hydrogen) atoms.